The van der Waals surface area contributed by atoms with Crippen LogP contribution in [0.5, 0.6) is 0 Å². The van der Waals surface area contributed by atoms with E-state index in [1.54, 1.807) is 0 Å². The second-order valence-corrected chi connectivity index (χ2v) is 6.51. The Kier molecular flexibility index (Phi) is 5.22. The number of likely N-dealkylation sites (tertiary alicyclic amines) is 1. The molecule has 3 atom stereocenters. The van der Waals surface area contributed by atoms with Crippen LogP contribution < -0.4 is 5.73 Å². The van der Waals surface area contributed by atoms with Crippen molar-refractivity contribution in [3.05, 3.63) is 35.4 Å². The van der Waals surface area contributed by atoms with Gasteiger partial charge in [0.15, 0.2) is 0 Å². The number of benzene rings is 1. The highest BCUT2D eigenvalue weighted by Gasteiger charge is 2.34. The second kappa shape index (κ2) is 6.73. The molecular weight excluding hydrogens is 244 g/mol. The lowest BCUT2D eigenvalue weighted by Crippen LogP contribution is -2.41. The number of hydrogen-bond acceptors (Lipinski definition) is 2. The van der Waals surface area contributed by atoms with Crippen LogP contribution in [0.1, 0.15) is 70.0 Å². The maximum absolute atomic E-state index is 6.12. The molecule has 2 nitrogen and oxygen atoms in total. The van der Waals surface area contributed by atoms with Crippen molar-refractivity contribution in [3.8, 4) is 0 Å². The van der Waals surface area contributed by atoms with Crippen molar-refractivity contribution in [2.24, 2.45) is 5.73 Å². The van der Waals surface area contributed by atoms with Crippen LogP contribution >= 0.6 is 0 Å². The average Bonchev–Trinajstić information content (AvgIpc) is 2.82. The molecule has 1 aliphatic heterocycles. The molecule has 0 saturated carbocycles. The highest BCUT2D eigenvalue weighted by atomic mass is 15.2. The summed E-state index contributed by atoms with van der Waals surface area (Å²) in [5.41, 5.74) is 8.91. The quantitative estimate of drug-likeness (QED) is 0.877. The van der Waals surface area contributed by atoms with Gasteiger partial charge in [-0.1, -0.05) is 45.0 Å². The SMILES string of the molecule is CCC1CCC(C)N1C(CN)c1ccc(C(C)C)cc1. The van der Waals surface area contributed by atoms with Gasteiger partial charge in [0.1, 0.15) is 0 Å². The van der Waals surface area contributed by atoms with Crippen LogP contribution in [0.3, 0.4) is 0 Å². The van der Waals surface area contributed by atoms with E-state index in [1.165, 1.54) is 30.4 Å². The van der Waals surface area contributed by atoms with Crippen molar-refractivity contribution in [3.63, 3.8) is 0 Å². The molecule has 0 bridgehead atoms. The van der Waals surface area contributed by atoms with Gasteiger partial charge in [0.2, 0.25) is 0 Å². The first-order valence-electron chi connectivity index (χ1n) is 8.15. The van der Waals surface area contributed by atoms with Crippen LogP contribution in [0.25, 0.3) is 0 Å². The molecule has 0 aromatic heterocycles. The third-order valence-corrected chi connectivity index (χ3v) is 4.89. The zero-order valence-electron chi connectivity index (χ0n) is 13.5. The van der Waals surface area contributed by atoms with Crippen LogP contribution in [-0.2, 0) is 0 Å². The fourth-order valence-electron chi connectivity index (χ4n) is 3.60. The Hall–Kier alpha value is -0.860. The highest BCUT2D eigenvalue weighted by Crippen LogP contribution is 2.34. The van der Waals surface area contributed by atoms with E-state index in [0.29, 0.717) is 30.6 Å². The first-order chi connectivity index (χ1) is 9.58. The molecule has 3 unspecified atom stereocenters. The molecule has 2 rings (SSSR count). The van der Waals surface area contributed by atoms with E-state index in [0.717, 1.165) is 0 Å². The van der Waals surface area contributed by atoms with E-state index < -0.39 is 0 Å². The van der Waals surface area contributed by atoms with Crippen molar-refractivity contribution in [1.82, 2.24) is 4.90 Å². The highest BCUT2D eigenvalue weighted by molar-refractivity contribution is 5.27. The second-order valence-electron chi connectivity index (χ2n) is 6.51. The molecule has 1 fully saturated rings. The molecule has 0 spiro atoms. The van der Waals surface area contributed by atoms with Crippen molar-refractivity contribution in [2.45, 2.75) is 71.0 Å². The van der Waals surface area contributed by atoms with E-state index in [-0.39, 0.29) is 0 Å². The van der Waals surface area contributed by atoms with Crippen molar-refractivity contribution in [1.29, 1.82) is 0 Å². The molecule has 20 heavy (non-hydrogen) atoms. The van der Waals surface area contributed by atoms with Crippen LogP contribution in [0, 0.1) is 0 Å². The summed E-state index contributed by atoms with van der Waals surface area (Å²) < 4.78 is 0. The third-order valence-electron chi connectivity index (χ3n) is 4.89. The van der Waals surface area contributed by atoms with Gasteiger partial charge in [-0.15, -0.1) is 0 Å². The Morgan fingerprint density at radius 1 is 1.15 bits per heavy atom. The van der Waals surface area contributed by atoms with Crippen molar-refractivity contribution >= 4 is 0 Å². The lowest BCUT2D eigenvalue weighted by molar-refractivity contribution is 0.137. The van der Waals surface area contributed by atoms with E-state index in [1.807, 2.05) is 0 Å². The molecule has 112 valence electrons. The number of rotatable bonds is 5. The molecule has 1 saturated heterocycles. The standard InChI is InChI=1S/C18H30N2/c1-5-17-11-6-14(4)20(17)18(12-19)16-9-7-15(8-10-16)13(2)3/h7-10,13-14,17-18H,5-6,11-12,19H2,1-4H3. The summed E-state index contributed by atoms with van der Waals surface area (Å²) >= 11 is 0. The minimum Gasteiger partial charge on any atom is -0.329 e. The Morgan fingerprint density at radius 2 is 1.75 bits per heavy atom. The summed E-state index contributed by atoms with van der Waals surface area (Å²) in [6.07, 6.45) is 3.85. The minimum absolute atomic E-state index is 0.374. The fourth-order valence-corrected chi connectivity index (χ4v) is 3.60. The summed E-state index contributed by atoms with van der Waals surface area (Å²) in [4.78, 5) is 2.66. The maximum Gasteiger partial charge on any atom is 0.0476 e. The maximum atomic E-state index is 6.12. The van der Waals surface area contributed by atoms with Gasteiger partial charge in [-0.2, -0.15) is 0 Å². The zero-order chi connectivity index (χ0) is 14.7. The Balaban J connectivity index is 2.22. The Labute approximate surface area is 124 Å². The summed E-state index contributed by atoms with van der Waals surface area (Å²) in [5, 5.41) is 0. The lowest BCUT2D eigenvalue weighted by Gasteiger charge is -2.36. The zero-order valence-corrected chi connectivity index (χ0v) is 13.5. The molecule has 1 aliphatic rings. The summed E-state index contributed by atoms with van der Waals surface area (Å²) in [6, 6.07) is 10.8. The number of nitrogens with zero attached hydrogens (tertiary/aromatic N) is 1. The van der Waals surface area contributed by atoms with Gasteiger partial charge in [-0.25, -0.2) is 0 Å². The van der Waals surface area contributed by atoms with Crippen LogP contribution in [0.4, 0.5) is 0 Å². The summed E-state index contributed by atoms with van der Waals surface area (Å²) in [6.45, 7) is 9.84. The van der Waals surface area contributed by atoms with Gasteiger partial charge in [0, 0.05) is 24.7 Å². The van der Waals surface area contributed by atoms with Crippen LogP contribution in [-0.4, -0.2) is 23.5 Å². The normalized spacial score (nSPS) is 25.3. The lowest BCUT2D eigenvalue weighted by atomic mass is 9.97. The molecular formula is C18H30N2. The largest absolute Gasteiger partial charge is 0.329 e. The van der Waals surface area contributed by atoms with Gasteiger partial charge in [-0.3, -0.25) is 4.90 Å². The first-order valence-corrected chi connectivity index (χ1v) is 8.15. The minimum atomic E-state index is 0.374. The molecule has 2 heteroatoms. The molecule has 2 N–H and O–H groups in total. The van der Waals surface area contributed by atoms with E-state index in [2.05, 4.69) is 56.9 Å². The van der Waals surface area contributed by atoms with Gasteiger partial charge in [0.25, 0.3) is 0 Å². The van der Waals surface area contributed by atoms with E-state index >= 15 is 0 Å². The number of nitrogens with two attached hydrogens (primary N) is 1. The number of hydrogen-bond donors (Lipinski definition) is 1. The van der Waals surface area contributed by atoms with Gasteiger partial charge in [-0.05, 0) is 43.2 Å². The van der Waals surface area contributed by atoms with Gasteiger partial charge >= 0.3 is 0 Å². The molecule has 0 radical (unpaired) electrons. The molecule has 0 aliphatic carbocycles. The molecule has 1 heterocycles. The smallest absolute Gasteiger partial charge is 0.0476 e. The predicted molar refractivity (Wildman–Crippen MR) is 86.9 cm³/mol. The van der Waals surface area contributed by atoms with Crippen LogP contribution in [0.15, 0.2) is 24.3 Å². The third kappa shape index (κ3) is 3.07. The molecule has 1 aromatic carbocycles. The fraction of sp³-hybridized carbons (Fsp3) is 0.667. The summed E-state index contributed by atoms with van der Waals surface area (Å²) in [7, 11) is 0. The van der Waals surface area contributed by atoms with E-state index in [9.17, 15) is 0 Å². The summed E-state index contributed by atoms with van der Waals surface area (Å²) in [5.74, 6) is 0.592. The molecule has 0 amide bonds. The topological polar surface area (TPSA) is 29.3 Å². The Morgan fingerprint density at radius 3 is 2.25 bits per heavy atom. The van der Waals surface area contributed by atoms with Crippen molar-refractivity contribution in [2.75, 3.05) is 6.54 Å². The average molecular weight is 274 g/mol. The van der Waals surface area contributed by atoms with Gasteiger partial charge in [0.05, 0.1) is 0 Å². The van der Waals surface area contributed by atoms with Gasteiger partial charge < -0.3 is 5.73 Å². The van der Waals surface area contributed by atoms with Crippen LogP contribution in [0.2, 0.25) is 0 Å². The Bertz CT molecular complexity index is 410. The van der Waals surface area contributed by atoms with Crippen molar-refractivity contribution < 1.29 is 0 Å². The molecule has 1 aromatic rings. The predicted octanol–water partition coefficient (Wildman–Crippen LogP) is 4.07. The monoisotopic (exact) mass is 274 g/mol. The van der Waals surface area contributed by atoms with E-state index in [4.69, 9.17) is 5.73 Å². The first kappa shape index (κ1) is 15.5.